The van der Waals surface area contributed by atoms with Gasteiger partial charge in [-0.25, -0.2) is 4.79 Å². The lowest BCUT2D eigenvalue weighted by Gasteiger charge is -2.22. The van der Waals surface area contributed by atoms with Crippen LogP contribution in [0.1, 0.15) is 41.6 Å². The third-order valence-electron chi connectivity index (χ3n) is 3.63. The quantitative estimate of drug-likeness (QED) is 0.840. The van der Waals surface area contributed by atoms with Crippen molar-refractivity contribution < 1.29 is 19.4 Å². The molecule has 114 valence electrons. The minimum atomic E-state index is -0.960. The minimum absolute atomic E-state index is 0.0473. The van der Waals surface area contributed by atoms with Gasteiger partial charge in [0.05, 0.1) is 18.1 Å². The largest absolute Gasteiger partial charge is 0.478 e. The molecule has 2 rings (SSSR count). The van der Waals surface area contributed by atoms with Crippen molar-refractivity contribution in [2.75, 3.05) is 13.2 Å². The van der Waals surface area contributed by atoms with E-state index >= 15 is 0 Å². The maximum absolute atomic E-state index is 11.8. The smallest absolute Gasteiger partial charge is 0.335 e. The summed E-state index contributed by atoms with van der Waals surface area (Å²) in [4.78, 5) is 22.5. The summed E-state index contributed by atoms with van der Waals surface area (Å²) in [5, 5.41) is 11.7. The number of nitrogens with one attached hydrogen (secondary N) is 1. The molecule has 1 aliphatic heterocycles. The number of amides is 1. The average Bonchev–Trinajstić information content (AvgIpc) is 2.49. The topological polar surface area (TPSA) is 75.6 Å². The molecule has 1 atom stereocenters. The fourth-order valence-corrected chi connectivity index (χ4v) is 2.42. The Labute approximate surface area is 124 Å². The molecule has 1 aliphatic rings. The Morgan fingerprint density at radius 1 is 1.24 bits per heavy atom. The third-order valence-corrected chi connectivity index (χ3v) is 3.63. The molecule has 0 aromatic heterocycles. The standard InChI is InChI=1S/C16H21NO4/c18-15(17-9-8-14-3-1-2-10-21-14)11-12-4-6-13(7-5-12)16(19)20/h4-7,14H,1-3,8-11H2,(H,17,18)(H,19,20). The van der Waals surface area contributed by atoms with Gasteiger partial charge in [0.15, 0.2) is 0 Å². The summed E-state index contributed by atoms with van der Waals surface area (Å²) in [5.74, 6) is -1.01. The summed E-state index contributed by atoms with van der Waals surface area (Å²) in [7, 11) is 0. The van der Waals surface area contributed by atoms with Crippen molar-refractivity contribution >= 4 is 11.9 Å². The van der Waals surface area contributed by atoms with Crippen LogP contribution in [0.25, 0.3) is 0 Å². The average molecular weight is 291 g/mol. The maximum atomic E-state index is 11.8. The maximum Gasteiger partial charge on any atom is 0.335 e. The van der Waals surface area contributed by atoms with Crippen LogP contribution in [0.5, 0.6) is 0 Å². The third kappa shape index (κ3) is 5.19. The molecule has 0 aliphatic carbocycles. The van der Waals surface area contributed by atoms with Crippen LogP contribution in [-0.4, -0.2) is 36.2 Å². The van der Waals surface area contributed by atoms with E-state index < -0.39 is 5.97 Å². The van der Waals surface area contributed by atoms with Crippen LogP contribution >= 0.6 is 0 Å². The second kappa shape index (κ2) is 7.78. The molecule has 1 heterocycles. The summed E-state index contributed by atoms with van der Waals surface area (Å²) in [5.41, 5.74) is 1.04. The van der Waals surface area contributed by atoms with Crippen molar-refractivity contribution in [3.8, 4) is 0 Å². The summed E-state index contributed by atoms with van der Waals surface area (Å²) in [6.45, 7) is 1.45. The Bertz CT molecular complexity index is 478. The van der Waals surface area contributed by atoms with Gasteiger partial charge in [-0.05, 0) is 43.4 Å². The van der Waals surface area contributed by atoms with Gasteiger partial charge in [0.25, 0.3) is 0 Å². The molecule has 1 aromatic carbocycles. The van der Waals surface area contributed by atoms with E-state index in [-0.39, 0.29) is 24.0 Å². The predicted octanol–water partition coefficient (Wildman–Crippen LogP) is 2.00. The lowest BCUT2D eigenvalue weighted by molar-refractivity contribution is -0.120. The Hall–Kier alpha value is -1.88. The summed E-state index contributed by atoms with van der Waals surface area (Å²) in [6, 6.07) is 6.38. The molecule has 0 bridgehead atoms. The molecule has 5 heteroatoms. The van der Waals surface area contributed by atoms with Crippen molar-refractivity contribution in [3.63, 3.8) is 0 Å². The van der Waals surface area contributed by atoms with Gasteiger partial charge in [-0.15, -0.1) is 0 Å². The van der Waals surface area contributed by atoms with Gasteiger partial charge in [-0.3, -0.25) is 4.79 Å². The zero-order chi connectivity index (χ0) is 15.1. The van der Waals surface area contributed by atoms with Crippen LogP contribution in [0.2, 0.25) is 0 Å². The number of carboxylic acid groups (broad SMARTS) is 1. The first kappa shape index (κ1) is 15.5. The Kier molecular flexibility index (Phi) is 5.75. The van der Waals surface area contributed by atoms with Crippen molar-refractivity contribution in [3.05, 3.63) is 35.4 Å². The van der Waals surface area contributed by atoms with Gasteiger partial charge < -0.3 is 15.2 Å². The molecule has 0 saturated carbocycles. The Morgan fingerprint density at radius 2 is 2.00 bits per heavy atom. The molecular formula is C16H21NO4. The SMILES string of the molecule is O=C(Cc1ccc(C(=O)O)cc1)NCCC1CCCCO1. The van der Waals surface area contributed by atoms with Crippen LogP contribution in [-0.2, 0) is 16.0 Å². The molecule has 1 aromatic rings. The van der Waals surface area contributed by atoms with Crippen molar-refractivity contribution in [2.24, 2.45) is 0 Å². The lowest BCUT2D eigenvalue weighted by atomic mass is 10.1. The van der Waals surface area contributed by atoms with Crippen molar-refractivity contribution in [2.45, 2.75) is 38.2 Å². The monoisotopic (exact) mass is 291 g/mol. The Morgan fingerprint density at radius 3 is 2.62 bits per heavy atom. The first-order valence-corrected chi connectivity index (χ1v) is 7.35. The van der Waals surface area contributed by atoms with Crippen LogP contribution in [0.15, 0.2) is 24.3 Å². The van der Waals surface area contributed by atoms with E-state index in [1.165, 1.54) is 18.6 Å². The van der Waals surface area contributed by atoms with Crippen molar-refractivity contribution in [1.29, 1.82) is 0 Å². The molecule has 1 fully saturated rings. The number of benzene rings is 1. The van der Waals surface area contributed by atoms with Gasteiger partial charge in [-0.1, -0.05) is 12.1 Å². The molecular weight excluding hydrogens is 270 g/mol. The van der Waals surface area contributed by atoms with E-state index in [4.69, 9.17) is 9.84 Å². The predicted molar refractivity (Wildman–Crippen MR) is 78.3 cm³/mol. The van der Waals surface area contributed by atoms with Crippen LogP contribution in [0.4, 0.5) is 0 Å². The number of rotatable bonds is 6. The molecule has 21 heavy (non-hydrogen) atoms. The van der Waals surface area contributed by atoms with E-state index in [2.05, 4.69) is 5.32 Å². The van der Waals surface area contributed by atoms with Gasteiger partial charge in [0.1, 0.15) is 0 Å². The highest BCUT2D eigenvalue weighted by molar-refractivity contribution is 5.87. The highest BCUT2D eigenvalue weighted by Crippen LogP contribution is 2.14. The molecule has 5 nitrogen and oxygen atoms in total. The number of ether oxygens (including phenoxy) is 1. The van der Waals surface area contributed by atoms with Crippen LogP contribution in [0.3, 0.4) is 0 Å². The lowest BCUT2D eigenvalue weighted by Crippen LogP contribution is -2.30. The van der Waals surface area contributed by atoms with E-state index in [1.807, 2.05) is 0 Å². The normalized spacial score (nSPS) is 18.2. The van der Waals surface area contributed by atoms with Crippen molar-refractivity contribution in [1.82, 2.24) is 5.32 Å². The number of carboxylic acids is 1. The molecule has 1 saturated heterocycles. The highest BCUT2D eigenvalue weighted by atomic mass is 16.5. The molecule has 0 spiro atoms. The number of aromatic carboxylic acids is 1. The number of carbonyl (C=O) groups is 2. The van der Waals surface area contributed by atoms with E-state index in [1.54, 1.807) is 12.1 Å². The fourth-order valence-electron chi connectivity index (χ4n) is 2.42. The van der Waals surface area contributed by atoms with E-state index in [0.717, 1.165) is 31.4 Å². The van der Waals surface area contributed by atoms with Crippen LogP contribution in [0, 0.1) is 0 Å². The second-order valence-electron chi connectivity index (χ2n) is 5.31. The first-order chi connectivity index (χ1) is 10.1. The zero-order valence-electron chi connectivity index (χ0n) is 12.0. The number of hydrogen-bond donors (Lipinski definition) is 2. The van der Waals surface area contributed by atoms with Gasteiger partial charge >= 0.3 is 5.97 Å². The van der Waals surface area contributed by atoms with E-state index in [0.29, 0.717) is 6.54 Å². The van der Waals surface area contributed by atoms with Crippen LogP contribution < -0.4 is 5.32 Å². The van der Waals surface area contributed by atoms with Gasteiger partial charge in [0, 0.05) is 13.2 Å². The molecule has 1 amide bonds. The van der Waals surface area contributed by atoms with Gasteiger partial charge in [0.2, 0.25) is 5.91 Å². The zero-order valence-corrected chi connectivity index (χ0v) is 12.0. The number of carbonyl (C=O) groups excluding carboxylic acids is 1. The van der Waals surface area contributed by atoms with Gasteiger partial charge in [-0.2, -0.15) is 0 Å². The first-order valence-electron chi connectivity index (χ1n) is 7.35. The summed E-state index contributed by atoms with van der Waals surface area (Å²) in [6.07, 6.45) is 4.81. The molecule has 2 N–H and O–H groups in total. The molecule has 1 unspecified atom stereocenters. The highest BCUT2D eigenvalue weighted by Gasteiger charge is 2.13. The van der Waals surface area contributed by atoms with E-state index in [9.17, 15) is 9.59 Å². The number of hydrogen-bond acceptors (Lipinski definition) is 3. The second-order valence-corrected chi connectivity index (χ2v) is 5.31. The fraction of sp³-hybridized carbons (Fsp3) is 0.500. The summed E-state index contributed by atoms with van der Waals surface area (Å²) >= 11 is 0. The molecule has 0 radical (unpaired) electrons. The summed E-state index contributed by atoms with van der Waals surface area (Å²) < 4.78 is 5.61. The minimum Gasteiger partial charge on any atom is -0.478 e. The Balaban J connectivity index is 1.70.